The van der Waals surface area contributed by atoms with Crippen molar-refractivity contribution in [3.8, 4) is 5.75 Å². The first kappa shape index (κ1) is 14.9. The summed E-state index contributed by atoms with van der Waals surface area (Å²) in [7, 11) is 0. The second-order valence-electron chi connectivity index (χ2n) is 6.40. The largest absolute Gasteiger partial charge is 0.493 e. The van der Waals surface area contributed by atoms with Crippen LogP contribution in [0.2, 0.25) is 0 Å². The maximum atomic E-state index is 12.7. The van der Waals surface area contributed by atoms with E-state index in [4.69, 9.17) is 4.74 Å². The first-order chi connectivity index (χ1) is 11.7. The van der Waals surface area contributed by atoms with Gasteiger partial charge in [-0.1, -0.05) is 36.4 Å². The highest BCUT2D eigenvalue weighted by Crippen LogP contribution is 2.32. The number of rotatable bonds is 3. The lowest BCUT2D eigenvalue weighted by molar-refractivity contribution is -0.121. The number of hydrogen-bond donors (Lipinski definition) is 1. The second kappa shape index (κ2) is 6.11. The molecule has 4 heteroatoms. The van der Waals surface area contributed by atoms with Crippen LogP contribution in [0, 0.1) is 0 Å². The summed E-state index contributed by atoms with van der Waals surface area (Å²) in [5.74, 6) is 0.703. The number of amides is 1. The third kappa shape index (κ3) is 2.80. The van der Waals surface area contributed by atoms with E-state index in [0.29, 0.717) is 25.0 Å². The average Bonchev–Trinajstić information content (AvgIpc) is 3.04. The standard InChI is InChI=1S/C20H19NO3/c22-19(10-13-4-2-1-3-5-13)21-17-7-6-14-11-15-8-9-24-18(15)12-16(14)20(17)23/h1-5,11-12,17H,6-10H2,(H,21,22). The molecule has 0 fully saturated rings. The molecule has 0 spiro atoms. The van der Waals surface area contributed by atoms with E-state index in [0.717, 1.165) is 29.7 Å². The maximum absolute atomic E-state index is 12.7. The molecule has 2 aromatic rings. The number of ether oxygens (including phenoxy) is 1. The third-order valence-electron chi connectivity index (χ3n) is 4.74. The Morgan fingerprint density at radius 3 is 2.79 bits per heavy atom. The molecule has 1 N–H and O–H groups in total. The summed E-state index contributed by atoms with van der Waals surface area (Å²) >= 11 is 0. The lowest BCUT2D eigenvalue weighted by atomic mass is 9.85. The minimum atomic E-state index is -0.437. The van der Waals surface area contributed by atoms with Crippen LogP contribution in [0.15, 0.2) is 42.5 Å². The number of carbonyl (C=O) groups excluding carboxylic acids is 2. The predicted octanol–water partition coefficient (Wildman–Crippen LogP) is 2.48. The van der Waals surface area contributed by atoms with Crippen LogP contribution in [0.5, 0.6) is 5.75 Å². The second-order valence-corrected chi connectivity index (χ2v) is 6.40. The Labute approximate surface area is 140 Å². The molecule has 1 unspecified atom stereocenters. The molecule has 4 rings (SSSR count). The van der Waals surface area contributed by atoms with Gasteiger partial charge in [0.1, 0.15) is 5.75 Å². The monoisotopic (exact) mass is 321 g/mol. The van der Waals surface area contributed by atoms with Gasteiger partial charge in [0.25, 0.3) is 0 Å². The Morgan fingerprint density at radius 1 is 1.12 bits per heavy atom. The molecule has 0 bridgehead atoms. The van der Waals surface area contributed by atoms with Crippen LogP contribution >= 0.6 is 0 Å². The van der Waals surface area contributed by atoms with Gasteiger partial charge in [0.2, 0.25) is 5.91 Å². The highest BCUT2D eigenvalue weighted by Gasteiger charge is 2.30. The lowest BCUT2D eigenvalue weighted by Gasteiger charge is -2.25. The first-order valence-electron chi connectivity index (χ1n) is 8.37. The number of ketones is 1. The van der Waals surface area contributed by atoms with Crippen LogP contribution in [-0.4, -0.2) is 24.3 Å². The molecular weight excluding hydrogens is 302 g/mol. The molecule has 0 radical (unpaired) electrons. The van der Waals surface area contributed by atoms with Crippen molar-refractivity contribution in [2.24, 2.45) is 0 Å². The number of hydrogen-bond acceptors (Lipinski definition) is 3. The fourth-order valence-electron chi connectivity index (χ4n) is 3.50. The zero-order valence-corrected chi connectivity index (χ0v) is 13.4. The molecule has 1 amide bonds. The normalized spacial score (nSPS) is 18.5. The molecule has 0 aromatic heterocycles. The van der Waals surface area contributed by atoms with Gasteiger partial charge >= 0.3 is 0 Å². The lowest BCUT2D eigenvalue weighted by Crippen LogP contribution is -2.44. The van der Waals surface area contributed by atoms with Crippen LogP contribution in [0.25, 0.3) is 0 Å². The highest BCUT2D eigenvalue weighted by atomic mass is 16.5. The van der Waals surface area contributed by atoms with Gasteiger partial charge in [0, 0.05) is 12.0 Å². The van der Waals surface area contributed by atoms with Crippen molar-refractivity contribution in [1.29, 1.82) is 0 Å². The molecule has 1 heterocycles. The molecule has 2 aromatic carbocycles. The maximum Gasteiger partial charge on any atom is 0.225 e. The summed E-state index contributed by atoms with van der Waals surface area (Å²) < 4.78 is 5.57. The molecule has 1 aliphatic heterocycles. The van der Waals surface area contributed by atoms with Crippen molar-refractivity contribution in [2.75, 3.05) is 6.61 Å². The van der Waals surface area contributed by atoms with Crippen LogP contribution in [0.3, 0.4) is 0 Å². The summed E-state index contributed by atoms with van der Waals surface area (Å²) in [4.78, 5) is 25.0. The quantitative estimate of drug-likeness (QED) is 0.945. The molecule has 122 valence electrons. The van der Waals surface area contributed by atoms with Gasteiger partial charge in [-0.3, -0.25) is 9.59 Å². The molecule has 0 saturated heterocycles. The van der Waals surface area contributed by atoms with Crippen molar-refractivity contribution in [3.63, 3.8) is 0 Å². The Kier molecular flexibility index (Phi) is 3.81. The number of carbonyl (C=O) groups is 2. The zero-order chi connectivity index (χ0) is 16.5. The topological polar surface area (TPSA) is 55.4 Å². The zero-order valence-electron chi connectivity index (χ0n) is 13.4. The van der Waals surface area contributed by atoms with Crippen LogP contribution < -0.4 is 10.1 Å². The number of Topliss-reactive ketones (excluding diaryl/α,β-unsaturated/α-hetero) is 1. The summed E-state index contributed by atoms with van der Waals surface area (Å²) in [5, 5.41) is 2.90. The van der Waals surface area contributed by atoms with E-state index in [-0.39, 0.29) is 11.7 Å². The molecule has 0 saturated carbocycles. The van der Waals surface area contributed by atoms with Gasteiger partial charge < -0.3 is 10.1 Å². The Balaban J connectivity index is 1.48. The Morgan fingerprint density at radius 2 is 1.96 bits per heavy atom. The molecule has 1 aliphatic carbocycles. The fraction of sp³-hybridized carbons (Fsp3) is 0.300. The van der Waals surface area contributed by atoms with Gasteiger partial charge in [-0.05, 0) is 35.6 Å². The van der Waals surface area contributed by atoms with Gasteiger partial charge in [-0.2, -0.15) is 0 Å². The van der Waals surface area contributed by atoms with Crippen LogP contribution in [-0.2, 0) is 24.1 Å². The van der Waals surface area contributed by atoms with Crippen LogP contribution in [0.1, 0.15) is 33.5 Å². The minimum absolute atomic E-state index is 0.00374. The smallest absolute Gasteiger partial charge is 0.225 e. The van der Waals surface area contributed by atoms with E-state index in [9.17, 15) is 9.59 Å². The Hall–Kier alpha value is -2.62. The highest BCUT2D eigenvalue weighted by molar-refractivity contribution is 6.04. The molecular formula is C20H19NO3. The SMILES string of the molecule is O=C(Cc1ccccc1)NC1CCc2cc3c(cc2C1=O)OCC3. The average molecular weight is 321 g/mol. The van der Waals surface area contributed by atoms with E-state index in [1.165, 1.54) is 5.56 Å². The number of fused-ring (bicyclic) bond motifs is 2. The first-order valence-corrected chi connectivity index (χ1v) is 8.37. The Bertz CT molecular complexity index is 798. The number of benzene rings is 2. The van der Waals surface area contributed by atoms with Crippen molar-refractivity contribution in [3.05, 3.63) is 64.7 Å². The predicted molar refractivity (Wildman–Crippen MR) is 90.4 cm³/mol. The van der Waals surface area contributed by atoms with E-state index >= 15 is 0 Å². The van der Waals surface area contributed by atoms with Gasteiger partial charge in [-0.25, -0.2) is 0 Å². The molecule has 4 nitrogen and oxygen atoms in total. The van der Waals surface area contributed by atoms with E-state index in [1.807, 2.05) is 36.4 Å². The van der Waals surface area contributed by atoms with E-state index in [2.05, 4.69) is 11.4 Å². The van der Waals surface area contributed by atoms with Crippen molar-refractivity contribution < 1.29 is 14.3 Å². The van der Waals surface area contributed by atoms with E-state index < -0.39 is 6.04 Å². The van der Waals surface area contributed by atoms with Crippen LogP contribution in [0.4, 0.5) is 0 Å². The number of aryl methyl sites for hydroxylation is 1. The van der Waals surface area contributed by atoms with Crippen molar-refractivity contribution in [2.45, 2.75) is 31.7 Å². The van der Waals surface area contributed by atoms with Gasteiger partial charge in [0.15, 0.2) is 5.78 Å². The molecule has 1 atom stereocenters. The minimum Gasteiger partial charge on any atom is -0.493 e. The number of nitrogens with one attached hydrogen (secondary N) is 1. The summed E-state index contributed by atoms with van der Waals surface area (Å²) in [5.41, 5.74) is 3.92. The summed E-state index contributed by atoms with van der Waals surface area (Å²) in [6, 6.07) is 13.1. The van der Waals surface area contributed by atoms with E-state index in [1.54, 1.807) is 0 Å². The fourth-order valence-corrected chi connectivity index (χ4v) is 3.50. The summed E-state index contributed by atoms with van der Waals surface area (Å²) in [6.07, 6.45) is 2.68. The molecule has 2 aliphatic rings. The van der Waals surface area contributed by atoms with Crippen molar-refractivity contribution >= 4 is 11.7 Å². The van der Waals surface area contributed by atoms with Gasteiger partial charge in [0.05, 0.1) is 19.1 Å². The summed E-state index contributed by atoms with van der Waals surface area (Å²) in [6.45, 7) is 0.684. The van der Waals surface area contributed by atoms with Crippen molar-refractivity contribution in [1.82, 2.24) is 5.32 Å². The molecule has 24 heavy (non-hydrogen) atoms. The third-order valence-corrected chi connectivity index (χ3v) is 4.74. The van der Waals surface area contributed by atoms with Gasteiger partial charge in [-0.15, -0.1) is 0 Å².